The fourth-order valence-corrected chi connectivity index (χ4v) is 5.29. The molecule has 2 aromatic heterocycles. The third kappa shape index (κ3) is 6.67. The molecular weight excluding hydrogens is 493 g/mol. The van der Waals surface area contributed by atoms with Crippen LogP contribution < -0.4 is 10.6 Å². The Morgan fingerprint density at radius 1 is 1.28 bits per heavy atom. The van der Waals surface area contributed by atoms with Crippen LogP contribution in [0.15, 0.2) is 24.6 Å². The molecule has 2 aliphatic rings. The van der Waals surface area contributed by atoms with Crippen molar-refractivity contribution in [1.82, 2.24) is 19.8 Å². The van der Waals surface area contributed by atoms with E-state index in [4.69, 9.17) is 9.72 Å². The number of amides is 1. The minimum absolute atomic E-state index is 0.0307. The zero-order valence-electron chi connectivity index (χ0n) is 20.4. The molecule has 0 atom stereocenters. The molecule has 2 N–H and O–H groups in total. The van der Waals surface area contributed by atoms with Gasteiger partial charge in [-0.25, -0.2) is 9.97 Å². The van der Waals surface area contributed by atoms with Crippen molar-refractivity contribution in [3.05, 3.63) is 40.0 Å². The molecule has 12 heteroatoms. The van der Waals surface area contributed by atoms with Gasteiger partial charge in [-0.15, -0.1) is 11.3 Å². The molecule has 0 saturated carbocycles. The molecule has 0 unspecified atom stereocenters. The molecule has 4 rings (SSSR count). The second-order valence-corrected chi connectivity index (χ2v) is 10.3. The van der Waals surface area contributed by atoms with Crippen molar-refractivity contribution in [3.63, 3.8) is 0 Å². The maximum atomic E-state index is 13.6. The summed E-state index contributed by atoms with van der Waals surface area (Å²) in [5.41, 5.74) is -0.897. The molecule has 0 radical (unpaired) electrons. The van der Waals surface area contributed by atoms with Crippen LogP contribution in [-0.4, -0.2) is 72.1 Å². The smallest absolute Gasteiger partial charge is 0.419 e. The van der Waals surface area contributed by atoms with Gasteiger partial charge in [-0.05, 0) is 52.4 Å². The average Bonchev–Trinajstić information content (AvgIpc) is 3.06. The van der Waals surface area contributed by atoms with Crippen molar-refractivity contribution < 1.29 is 22.7 Å². The van der Waals surface area contributed by atoms with Crippen molar-refractivity contribution in [2.24, 2.45) is 0 Å². The summed E-state index contributed by atoms with van der Waals surface area (Å²) >= 11 is 1.62. The van der Waals surface area contributed by atoms with Crippen LogP contribution in [0, 0.1) is 6.92 Å². The number of anilines is 3. The second kappa shape index (κ2) is 11.5. The number of hydrogen-bond donors (Lipinski definition) is 2. The number of carbonyl (C=O) groups excluding carboxylic acids is 1. The molecule has 1 fully saturated rings. The van der Waals surface area contributed by atoms with E-state index < -0.39 is 11.7 Å². The summed E-state index contributed by atoms with van der Waals surface area (Å²) in [7, 11) is 2.11. The van der Waals surface area contributed by atoms with Crippen molar-refractivity contribution >= 4 is 34.6 Å². The number of nitrogens with zero attached hydrogens (tertiary/aromatic N) is 4. The number of piperidine rings is 1. The van der Waals surface area contributed by atoms with Crippen molar-refractivity contribution in [2.45, 2.75) is 38.3 Å². The minimum Gasteiger partial charge on any atom is -0.492 e. The fourth-order valence-electron chi connectivity index (χ4n) is 4.24. The van der Waals surface area contributed by atoms with Gasteiger partial charge in [0.15, 0.2) is 6.61 Å². The lowest BCUT2D eigenvalue weighted by Crippen LogP contribution is -2.34. The molecule has 2 aliphatic heterocycles. The molecule has 8 nitrogen and oxygen atoms in total. The van der Waals surface area contributed by atoms with E-state index in [0.717, 1.165) is 42.0 Å². The van der Waals surface area contributed by atoms with E-state index in [-0.39, 0.29) is 24.7 Å². The van der Waals surface area contributed by atoms with Gasteiger partial charge in [-0.3, -0.25) is 4.79 Å². The van der Waals surface area contributed by atoms with E-state index in [1.54, 1.807) is 22.3 Å². The zero-order valence-corrected chi connectivity index (χ0v) is 21.2. The highest BCUT2D eigenvalue weighted by atomic mass is 32.1. The van der Waals surface area contributed by atoms with Crippen LogP contribution in [0.3, 0.4) is 0 Å². The van der Waals surface area contributed by atoms with Crippen LogP contribution >= 0.6 is 11.3 Å². The molecule has 0 aromatic carbocycles. The highest BCUT2D eigenvalue weighted by Crippen LogP contribution is 2.37. The standard InChI is InChI=1S/C24H31F3N6O2S/c1-16-22(31-23(36-16)17-5-10-32(2)11-6-17)30-20-13-19(18(14-29-20)24(25,26)27)28-7-3-8-33-9-4-12-35-15-21(33)34/h4,12-14,17H,3,5-11,15H2,1-2H3,(H2,28,29,30). The molecule has 2 aromatic rings. The van der Waals surface area contributed by atoms with E-state index in [1.165, 1.54) is 12.3 Å². The van der Waals surface area contributed by atoms with E-state index in [1.807, 2.05) is 6.92 Å². The Kier molecular flexibility index (Phi) is 8.35. The summed E-state index contributed by atoms with van der Waals surface area (Å²) in [6.45, 7) is 5.06. The number of rotatable bonds is 8. The number of halogens is 3. The number of hydrogen-bond acceptors (Lipinski definition) is 8. The Bertz CT molecular complexity index is 1080. The molecule has 0 spiro atoms. The topological polar surface area (TPSA) is 82.6 Å². The van der Waals surface area contributed by atoms with Crippen LogP contribution in [0.1, 0.15) is 40.6 Å². The number of thiazole rings is 1. The molecule has 1 amide bonds. The predicted octanol–water partition coefficient (Wildman–Crippen LogP) is 4.59. The Morgan fingerprint density at radius 2 is 2.06 bits per heavy atom. The highest BCUT2D eigenvalue weighted by Gasteiger charge is 2.34. The molecule has 0 bridgehead atoms. The van der Waals surface area contributed by atoms with E-state index in [9.17, 15) is 18.0 Å². The lowest BCUT2D eigenvalue weighted by atomic mass is 9.98. The molecule has 1 saturated heterocycles. The monoisotopic (exact) mass is 524 g/mol. The number of likely N-dealkylation sites (tertiary alicyclic amines) is 1. The van der Waals surface area contributed by atoms with Gasteiger partial charge in [0.05, 0.1) is 22.5 Å². The minimum atomic E-state index is -4.55. The number of aryl methyl sites for hydroxylation is 1. The maximum absolute atomic E-state index is 13.6. The Hall–Kier alpha value is -2.86. The summed E-state index contributed by atoms with van der Waals surface area (Å²) in [4.78, 5) is 25.6. The van der Waals surface area contributed by atoms with Gasteiger partial charge in [0.2, 0.25) is 0 Å². The molecule has 4 heterocycles. The van der Waals surface area contributed by atoms with Gasteiger partial charge < -0.3 is 25.2 Å². The maximum Gasteiger partial charge on any atom is 0.419 e. The number of carbonyl (C=O) groups is 1. The fraction of sp³-hybridized carbons (Fsp3) is 0.542. The Labute approximate surface area is 212 Å². The van der Waals surface area contributed by atoms with Gasteiger partial charge in [-0.1, -0.05) is 0 Å². The summed E-state index contributed by atoms with van der Waals surface area (Å²) in [6, 6.07) is 1.37. The van der Waals surface area contributed by atoms with Crippen LogP contribution in [0.2, 0.25) is 0 Å². The Balaban J connectivity index is 1.42. The molecule has 196 valence electrons. The third-order valence-corrected chi connectivity index (χ3v) is 7.47. The highest BCUT2D eigenvalue weighted by molar-refractivity contribution is 7.12. The first-order valence-electron chi connectivity index (χ1n) is 12.0. The number of pyridine rings is 1. The average molecular weight is 525 g/mol. The van der Waals surface area contributed by atoms with E-state index >= 15 is 0 Å². The van der Waals surface area contributed by atoms with Gasteiger partial charge in [0.1, 0.15) is 11.6 Å². The largest absolute Gasteiger partial charge is 0.492 e. The first-order chi connectivity index (χ1) is 17.2. The quantitative estimate of drug-likeness (QED) is 0.489. The zero-order chi connectivity index (χ0) is 25.7. The van der Waals surface area contributed by atoms with Crippen LogP contribution in [0.5, 0.6) is 0 Å². The van der Waals surface area contributed by atoms with E-state index in [0.29, 0.717) is 37.1 Å². The predicted molar refractivity (Wildman–Crippen MR) is 134 cm³/mol. The molecule has 36 heavy (non-hydrogen) atoms. The summed E-state index contributed by atoms with van der Waals surface area (Å²) in [6.07, 6.45) is 2.08. The normalized spacial score (nSPS) is 17.7. The Morgan fingerprint density at radius 3 is 2.81 bits per heavy atom. The molecule has 0 aliphatic carbocycles. The number of alkyl halides is 3. The van der Waals surface area contributed by atoms with Crippen molar-refractivity contribution in [2.75, 3.05) is 57.0 Å². The number of aromatic nitrogens is 2. The first kappa shape index (κ1) is 26.2. The van der Waals surface area contributed by atoms with Crippen LogP contribution in [0.25, 0.3) is 0 Å². The molecular formula is C24H31F3N6O2S. The second-order valence-electron chi connectivity index (χ2n) is 9.08. The lowest BCUT2D eigenvalue weighted by Gasteiger charge is -2.27. The van der Waals surface area contributed by atoms with Crippen LogP contribution in [-0.2, 0) is 15.7 Å². The SMILES string of the molecule is Cc1sc(C2CCN(C)CC2)nc1Nc1cc(NCCCN2CC=COCC2=O)c(C(F)(F)F)cn1. The number of ether oxygens (including phenoxy) is 1. The van der Waals surface area contributed by atoms with Gasteiger partial charge in [0, 0.05) is 42.7 Å². The van der Waals surface area contributed by atoms with Gasteiger partial charge in [0.25, 0.3) is 5.91 Å². The summed E-state index contributed by atoms with van der Waals surface area (Å²) < 4.78 is 45.9. The van der Waals surface area contributed by atoms with Crippen molar-refractivity contribution in [3.8, 4) is 0 Å². The summed E-state index contributed by atoms with van der Waals surface area (Å²) in [5.74, 6) is 1.17. The number of nitrogens with one attached hydrogen (secondary N) is 2. The summed E-state index contributed by atoms with van der Waals surface area (Å²) in [5, 5.41) is 7.04. The lowest BCUT2D eigenvalue weighted by molar-refractivity contribution is -0.137. The van der Waals surface area contributed by atoms with Crippen LogP contribution in [0.4, 0.5) is 30.5 Å². The van der Waals surface area contributed by atoms with Gasteiger partial charge in [-0.2, -0.15) is 13.2 Å². The van der Waals surface area contributed by atoms with Crippen molar-refractivity contribution in [1.29, 1.82) is 0 Å². The third-order valence-electron chi connectivity index (χ3n) is 6.33. The van der Waals surface area contributed by atoms with E-state index in [2.05, 4.69) is 27.6 Å². The van der Waals surface area contributed by atoms with Gasteiger partial charge >= 0.3 is 6.18 Å². The first-order valence-corrected chi connectivity index (χ1v) is 12.8.